The second-order valence-electron chi connectivity index (χ2n) is 5.52. The van der Waals surface area contributed by atoms with Gasteiger partial charge in [0.25, 0.3) is 0 Å². The second kappa shape index (κ2) is 3.82. The molecule has 14 heavy (non-hydrogen) atoms. The van der Waals surface area contributed by atoms with Gasteiger partial charge in [-0.25, -0.2) is 0 Å². The van der Waals surface area contributed by atoms with Crippen LogP contribution in [-0.4, -0.2) is 22.9 Å². The van der Waals surface area contributed by atoms with Crippen LogP contribution in [0.5, 0.6) is 0 Å². The zero-order chi connectivity index (χ0) is 10.2. The minimum atomic E-state index is -0.0534. The molecule has 2 unspecified atom stereocenters. The van der Waals surface area contributed by atoms with Crippen LogP contribution in [0.25, 0.3) is 0 Å². The predicted molar refractivity (Wildman–Crippen MR) is 56.2 cm³/mol. The van der Waals surface area contributed by atoms with Crippen LogP contribution < -0.4 is 0 Å². The molecule has 82 valence electrons. The monoisotopic (exact) mass is 198 g/mol. The molecule has 0 aromatic heterocycles. The average molecular weight is 198 g/mol. The highest BCUT2D eigenvalue weighted by Crippen LogP contribution is 2.36. The minimum Gasteiger partial charge on any atom is -0.393 e. The van der Waals surface area contributed by atoms with Gasteiger partial charge in [-0.1, -0.05) is 0 Å². The van der Waals surface area contributed by atoms with E-state index in [0.717, 1.165) is 19.3 Å². The molecule has 2 atom stereocenters. The van der Waals surface area contributed by atoms with Gasteiger partial charge in [0, 0.05) is 0 Å². The Labute approximate surface area is 86.6 Å². The fraction of sp³-hybridized carbons (Fsp3) is 1.00. The summed E-state index contributed by atoms with van der Waals surface area (Å²) in [6.07, 6.45) is 7.13. The van der Waals surface area contributed by atoms with E-state index in [0.29, 0.717) is 12.0 Å². The van der Waals surface area contributed by atoms with E-state index in [9.17, 15) is 5.11 Å². The van der Waals surface area contributed by atoms with Crippen LogP contribution in [0.1, 0.15) is 52.4 Å². The van der Waals surface area contributed by atoms with Gasteiger partial charge in [-0.3, -0.25) is 0 Å². The molecular formula is C12H22O2. The number of rotatable bonds is 4. The number of aliphatic hydroxyl groups is 1. The van der Waals surface area contributed by atoms with Crippen LogP contribution >= 0.6 is 0 Å². The molecule has 0 spiro atoms. The molecule has 0 bridgehead atoms. The third-order valence-electron chi connectivity index (χ3n) is 3.50. The normalized spacial score (nSPS) is 33.2. The Hall–Kier alpha value is -0.0800. The van der Waals surface area contributed by atoms with Crippen molar-refractivity contribution >= 4 is 0 Å². The highest BCUT2D eigenvalue weighted by molar-refractivity contribution is 4.84. The third-order valence-corrected chi connectivity index (χ3v) is 3.50. The van der Waals surface area contributed by atoms with Gasteiger partial charge in [0.1, 0.15) is 0 Å². The highest BCUT2D eigenvalue weighted by atomic mass is 16.5. The summed E-state index contributed by atoms with van der Waals surface area (Å²) in [5.74, 6) is 0.615. The maximum Gasteiger partial charge on any atom is 0.0631 e. The third kappa shape index (κ3) is 2.71. The van der Waals surface area contributed by atoms with E-state index in [1.54, 1.807) is 0 Å². The lowest BCUT2D eigenvalue weighted by Crippen LogP contribution is -2.21. The molecule has 0 aromatic rings. The molecule has 0 amide bonds. The molecule has 1 saturated carbocycles. The highest BCUT2D eigenvalue weighted by Gasteiger charge is 2.34. The molecule has 2 fully saturated rings. The van der Waals surface area contributed by atoms with Crippen molar-refractivity contribution in [2.45, 2.75) is 70.2 Å². The molecule has 2 heteroatoms. The van der Waals surface area contributed by atoms with E-state index in [4.69, 9.17) is 4.74 Å². The Morgan fingerprint density at radius 3 is 2.57 bits per heavy atom. The minimum absolute atomic E-state index is 0.0534. The molecule has 1 aliphatic carbocycles. The van der Waals surface area contributed by atoms with Gasteiger partial charge in [0.15, 0.2) is 0 Å². The first-order chi connectivity index (χ1) is 6.57. The van der Waals surface area contributed by atoms with Crippen molar-refractivity contribution < 1.29 is 9.84 Å². The number of ether oxygens (including phenoxy) is 1. The quantitative estimate of drug-likeness (QED) is 0.752. The van der Waals surface area contributed by atoms with Gasteiger partial charge in [-0.05, 0) is 58.3 Å². The van der Waals surface area contributed by atoms with Crippen molar-refractivity contribution in [3.8, 4) is 0 Å². The van der Waals surface area contributed by atoms with Crippen LogP contribution in [0.3, 0.4) is 0 Å². The fourth-order valence-electron chi connectivity index (χ4n) is 2.35. The van der Waals surface area contributed by atoms with Gasteiger partial charge in [-0.2, -0.15) is 0 Å². The number of hydrogen-bond donors (Lipinski definition) is 1. The van der Waals surface area contributed by atoms with E-state index in [2.05, 4.69) is 13.8 Å². The molecule has 0 aromatic carbocycles. The van der Waals surface area contributed by atoms with Crippen LogP contribution in [-0.2, 0) is 4.74 Å². The molecule has 1 N–H and O–H groups in total. The summed E-state index contributed by atoms with van der Waals surface area (Å²) in [5, 5.41) is 9.72. The van der Waals surface area contributed by atoms with E-state index in [1.165, 1.54) is 19.3 Å². The van der Waals surface area contributed by atoms with E-state index in [1.807, 2.05) is 0 Å². The summed E-state index contributed by atoms with van der Waals surface area (Å²) in [5.41, 5.74) is 0.0786. The lowest BCUT2D eigenvalue weighted by atomic mass is 10.0. The maximum absolute atomic E-state index is 9.72. The summed E-state index contributed by atoms with van der Waals surface area (Å²) in [4.78, 5) is 0. The molecule has 2 aliphatic rings. The van der Waals surface area contributed by atoms with E-state index < -0.39 is 0 Å². The fourth-order valence-corrected chi connectivity index (χ4v) is 2.35. The van der Waals surface area contributed by atoms with Crippen molar-refractivity contribution in [3.05, 3.63) is 0 Å². The maximum atomic E-state index is 9.72. The van der Waals surface area contributed by atoms with Gasteiger partial charge >= 0.3 is 0 Å². The number of aliphatic hydroxyl groups excluding tert-OH is 1. The Kier molecular flexibility index (Phi) is 2.85. The van der Waals surface area contributed by atoms with Crippen molar-refractivity contribution in [2.75, 3.05) is 0 Å². The summed E-state index contributed by atoms with van der Waals surface area (Å²) >= 11 is 0. The topological polar surface area (TPSA) is 29.5 Å². The smallest absolute Gasteiger partial charge is 0.0631 e. The van der Waals surface area contributed by atoms with Gasteiger partial charge < -0.3 is 9.84 Å². The predicted octanol–water partition coefficient (Wildman–Crippen LogP) is 2.50. The molecule has 0 radical (unpaired) electrons. The molecule has 2 rings (SSSR count). The zero-order valence-corrected chi connectivity index (χ0v) is 9.33. The summed E-state index contributed by atoms with van der Waals surface area (Å²) in [7, 11) is 0. The molecule has 2 nitrogen and oxygen atoms in total. The summed E-state index contributed by atoms with van der Waals surface area (Å²) in [6, 6.07) is 0. The molecule has 1 heterocycles. The van der Waals surface area contributed by atoms with Crippen molar-refractivity contribution in [2.24, 2.45) is 5.92 Å². The molecule has 1 saturated heterocycles. The first-order valence-corrected chi connectivity index (χ1v) is 5.93. The van der Waals surface area contributed by atoms with Crippen LogP contribution in [0, 0.1) is 5.92 Å². The van der Waals surface area contributed by atoms with Crippen LogP contribution in [0.15, 0.2) is 0 Å². The van der Waals surface area contributed by atoms with Crippen molar-refractivity contribution in [3.63, 3.8) is 0 Å². The average Bonchev–Trinajstić information content (AvgIpc) is 2.88. The SMILES string of the molecule is CC1(C)CCC(CCC(O)C2CC2)O1. The summed E-state index contributed by atoms with van der Waals surface area (Å²) < 4.78 is 5.89. The van der Waals surface area contributed by atoms with E-state index >= 15 is 0 Å². The lowest BCUT2D eigenvalue weighted by Gasteiger charge is -2.20. The summed E-state index contributed by atoms with van der Waals surface area (Å²) in [6.45, 7) is 4.31. The Bertz CT molecular complexity index is 196. The van der Waals surface area contributed by atoms with Crippen LogP contribution in [0.4, 0.5) is 0 Å². The molecular weight excluding hydrogens is 176 g/mol. The van der Waals surface area contributed by atoms with Crippen molar-refractivity contribution in [1.82, 2.24) is 0 Å². The van der Waals surface area contributed by atoms with Crippen LogP contribution in [0.2, 0.25) is 0 Å². The van der Waals surface area contributed by atoms with Gasteiger partial charge in [0.2, 0.25) is 0 Å². The first-order valence-electron chi connectivity index (χ1n) is 5.93. The first kappa shape index (κ1) is 10.4. The van der Waals surface area contributed by atoms with Gasteiger partial charge in [-0.15, -0.1) is 0 Å². The second-order valence-corrected chi connectivity index (χ2v) is 5.52. The Morgan fingerprint density at radius 1 is 1.36 bits per heavy atom. The largest absolute Gasteiger partial charge is 0.393 e. The number of hydrogen-bond acceptors (Lipinski definition) is 2. The van der Waals surface area contributed by atoms with Gasteiger partial charge in [0.05, 0.1) is 17.8 Å². The van der Waals surface area contributed by atoms with E-state index in [-0.39, 0.29) is 11.7 Å². The standard InChI is InChI=1S/C12H22O2/c1-12(2)8-7-10(14-12)5-6-11(13)9-3-4-9/h9-11,13H,3-8H2,1-2H3. The Balaban J connectivity index is 1.66. The molecule has 1 aliphatic heterocycles. The lowest BCUT2D eigenvalue weighted by molar-refractivity contribution is -0.0242. The Morgan fingerprint density at radius 2 is 2.07 bits per heavy atom. The van der Waals surface area contributed by atoms with Crippen molar-refractivity contribution in [1.29, 1.82) is 0 Å². The zero-order valence-electron chi connectivity index (χ0n) is 9.33.